The van der Waals surface area contributed by atoms with Crippen LogP contribution in [-0.2, 0) is 11.0 Å². The van der Waals surface area contributed by atoms with Gasteiger partial charge in [-0.05, 0) is 42.8 Å². The van der Waals surface area contributed by atoms with E-state index in [1.54, 1.807) is 6.92 Å². The lowest BCUT2D eigenvalue weighted by Gasteiger charge is -2.27. The largest absolute Gasteiger partial charge is 0.503 e. The van der Waals surface area contributed by atoms with Crippen molar-refractivity contribution in [1.29, 1.82) is 0 Å². The first-order valence-electron chi connectivity index (χ1n) is 11.3. The predicted molar refractivity (Wildman–Crippen MR) is 134 cm³/mol. The molecule has 0 fully saturated rings. The van der Waals surface area contributed by atoms with Gasteiger partial charge in [-0.1, -0.05) is 48.5 Å². The van der Waals surface area contributed by atoms with Gasteiger partial charge in [-0.2, -0.15) is 13.2 Å². The number of alkyl halides is 3. The van der Waals surface area contributed by atoms with Gasteiger partial charge in [0.2, 0.25) is 5.78 Å². The summed E-state index contributed by atoms with van der Waals surface area (Å²) in [7, 11) is 0. The van der Waals surface area contributed by atoms with Crippen molar-refractivity contribution >= 4 is 28.7 Å². The number of Topliss-reactive ketones (excluding diaryl/α,β-unsaturated/α-hetero) is 1. The number of thiazole rings is 1. The van der Waals surface area contributed by atoms with Gasteiger partial charge in [-0.3, -0.25) is 14.5 Å². The molecule has 0 spiro atoms. The lowest BCUT2D eigenvalue weighted by molar-refractivity contribution is -0.137. The van der Waals surface area contributed by atoms with Crippen molar-refractivity contribution in [3.63, 3.8) is 0 Å². The molecule has 0 aliphatic carbocycles. The molecule has 1 aliphatic rings. The molecule has 5 rings (SSSR count). The summed E-state index contributed by atoms with van der Waals surface area (Å²) in [6.45, 7) is 1.61. The Balaban J connectivity index is 1.64. The highest BCUT2D eigenvalue weighted by molar-refractivity contribution is 7.17. The number of anilines is 1. The van der Waals surface area contributed by atoms with E-state index in [1.165, 1.54) is 18.2 Å². The zero-order chi connectivity index (χ0) is 27.2. The average molecular weight is 539 g/mol. The van der Waals surface area contributed by atoms with Gasteiger partial charge in [0.1, 0.15) is 10.8 Å². The van der Waals surface area contributed by atoms with E-state index in [9.17, 15) is 32.3 Å². The van der Waals surface area contributed by atoms with Gasteiger partial charge in [-0.15, -0.1) is 11.3 Å². The van der Waals surface area contributed by atoms with Gasteiger partial charge in [0.15, 0.2) is 5.76 Å². The lowest BCUT2D eigenvalue weighted by Crippen LogP contribution is -2.31. The first-order chi connectivity index (χ1) is 18.1. The zero-order valence-corrected chi connectivity index (χ0v) is 20.5. The van der Waals surface area contributed by atoms with Crippen molar-refractivity contribution < 1.29 is 32.3 Å². The Morgan fingerprint density at radius 1 is 1.00 bits per heavy atom. The van der Waals surface area contributed by atoms with E-state index in [-0.39, 0.29) is 21.7 Å². The number of hydrogen-bond acceptors (Lipinski definition) is 5. The summed E-state index contributed by atoms with van der Waals surface area (Å²) in [6.07, 6.45) is -4.69. The highest BCUT2D eigenvalue weighted by atomic mass is 32.1. The van der Waals surface area contributed by atoms with E-state index < -0.39 is 41.0 Å². The Morgan fingerprint density at radius 2 is 1.68 bits per heavy atom. The minimum absolute atomic E-state index is 0.163. The summed E-state index contributed by atoms with van der Waals surface area (Å²) in [4.78, 5) is 32.7. The second-order valence-electron chi connectivity index (χ2n) is 8.57. The van der Waals surface area contributed by atoms with Gasteiger partial charge in [0.25, 0.3) is 5.91 Å². The molecular formula is C28H18F4N2O3S. The van der Waals surface area contributed by atoms with Crippen LogP contribution in [0.4, 0.5) is 23.2 Å². The van der Waals surface area contributed by atoms with Crippen LogP contribution in [-0.4, -0.2) is 21.8 Å². The fourth-order valence-electron chi connectivity index (χ4n) is 4.33. The summed E-state index contributed by atoms with van der Waals surface area (Å²) in [5.74, 6) is -3.23. The molecule has 0 saturated carbocycles. The highest BCUT2D eigenvalue weighted by Gasteiger charge is 2.46. The number of aliphatic hydroxyl groups excluding tert-OH is 1. The molecule has 1 N–H and O–H groups in total. The lowest BCUT2D eigenvalue weighted by atomic mass is 9.94. The molecule has 38 heavy (non-hydrogen) atoms. The number of aromatic nitrogens is 1. The molecule has 0 bridgehead atoms. The topological polar surface area (TPSA) is 70.5 Å². The Labute approximate surface area is 218 Å². The van der Waals surface area contributed by atoms with E-state index in [1.807, 2.05) is 30.3 Å². The van der Waals surface area contributed by atoms with Crippen LogP contribution in [0, 0.1) is 12.7 Å². The molecular weight excluding hydrogens is 520 g/mol. The summed E-state index contributed by atoms with van der Waals surface area (Å²) >= 11 is 1.07. The van der Waals surface area contributed by atoms with Gasteiger partial charge >= 0.3 is 6.18 Å². The number of halogens is 4. The monoisotopic (exact) mass is 538 g/mol. The predicted octanol–water partition coefficient (Wildman–Crippen LogP) is 7.06. The van der Waals surface area contributed by atoms with E-state index in [0.717, 1.165) is 52.1 Å². The van der Waals surface area contributed by atoms with Crippen molar-refractivity contribution in [2.45, 2.75) is 19.1 Å². The molecule has 10 heteroatoms. The highest BCUT2D eigenvalue weighted by Crippen LogP contribution is 2.44. The number of hydrogen-bond donors (Lipinski definition) is 1. The van der Waals surface area contributed by atoms with Gasteiger partial charge in [0.05, 0.1) is 27.7 Å². The molecule has 0 saturated heterocycles. The Kier molecular flexibility index (Phi) is 6.36. The van der Waals surface area contributed by atoms with E-state index in [4.69, 9.17) is 0 Å². The number of amides is 1. The van der Waals surface area contributed by atoms with Crippen LogP contribution in [0.1, 0.15) is 32.5 Å². The number of rotatable bonds is 5. The standard InChI is InChI=1S/C28H18F4N2O3S/c1-15-25(38-26(33-15)17-6-3-2-4-7-17)23(35)21-22(16-10-12-19(29)13-11-16)34(27(37)24(21)36)20-9-5-8-18(14-20)28(30,31)32/h2-14,22,36H,1H3. The van der Waals surface area contributed by atoms with Crippen LogP contribution < -0.4 is 4.90 Å². The maximum absolute atomic E-state index is 13.8. The number of aryl methyl sites for hydroxylation is 1. The molecule has 1 unspecified atom stereocenters. The van der Waals surface area contributed by atoms with Gasteiger partial charge in [0, 0.05) is 11.3 Å². The first-order valence-corrected chi connectivity index (χ1v) is 12.1. The molecule has 0 radical (unpaired) electrons. The van der Waals surface area contributed by atoms with E-state index in [0.29, 0.717) is 10.7 Å². The zero-order valence-electron chi connectivity index (χ0n) is 19.7. The molecule has 5 nitrogen and oxygen atoms in total. The SMILES string of the molecule is Cc1nc(-c2ccccc2)sc1C(=O)C1=C(O)C(=O)N(c2cccc(C(F)(F)F)c2)C1c1ccc(F)cc1. The number of benzene rings is 3. The van der Waals surface area contributed by atoms with E-state index in [2.05, 4.69) is 4.98 Å². The molecule has 192 valence electrons. The Bertz CT molecular complexity index is 1580. The van der Waals surface area contributed by atoms with Crippen molar-refractivity contribution in [1.82, 2.24) is 4.98 Å². The summed E-state index contributed by atoms with van der Waals surface area (Å²) in [5, 5.41) is 11.5. The molecule has 4 aromatic rings. The van der Waals surface area contributed by atoms with Crippen molar-refractivity contribution in [2.24, 2.45) is 0 Å². The van der Waals surface area contributed by atoms with Crippen LogP contribution >= 0.6 is 11.3 Å². The quantitative estimate of drug-likeness (QED) is 0.218. The van der Waals surface area contributed by atoms with Gasteiger partial charge in [-0.25, -0.2) is 9.37 Å². The number of carbonyl (C=O) groups excluding carboxylic acids is 2. The Hall–Kier alpha value is -4.31. The minimum atomic E-state index is -4.69. The number of nitrogens with zero attached hydrogens (tertiary/aromatic N) is 2. The fourth-order valence-corrected chi connectivity index (χ4v) is 5.36. The fraction of sp³-hybridized carbons (Fsp3) is 0.107. The number of carbonyl (C=O) groups is 2. The summed E-state index contributed by atoms with van der Waals surface area (Å²) in [5.41, 5.74) is -0.159. The van der Waals surface area contributed by atoms with Crippen molar-refractivity contribution in [3.05, 3.63) is 118 Å². The third kappa shape index (κ3) is 4.47. The number of ketones is 1. The van der Waals surface area contributed by atoms with Crippen LogP contribution in [0.15, 0.2) is 90.2 Å². The molecule has 1 aromatic heterocycles. The van der Waals surface area contributed by atoms with Crippen molar-refractivity contribution in [3.8, 4) is 10.6 Å². The van der Waals surface area contributed by atoms with Crippen LogP contribution in [0.5, 0.6) is 0 Å². The maximum Gasteiger partial charge on any atom is 0.416 e. The van der Waals surface area contributed by atoms with E-state index >= 15 is 0 Å². The maximum atomic E-state index is 13.8. The van der Waals surface area contributed by atoms with Gasteiger partial charge < -0.3 is 5.11 Å². The van der Waals surface area contributed by atoms with Crippen LogP contribution in [0.25, 0.3) is 10.6 Å². The third-order valence-electron chi connectivity index (χ3n) is 6.11. The second kappa shape index (κ2) is 9.53. The van der Waals surface area contributed by atoms with Crippen LogP contribution in [0.2, 0.25) is 0 Å². The average Bonchev–Trinajstić information content (AvgIpc) is 3.41. The minimum Gasteiger partial charge on any atom is -0.503 e. The summed E-state index contributed by atoms with van der Waals surface area (Å²) in [6, 6.07) is 16.6. The third-order valence-corrected chi connectivity index (χ3v) is 7.32. The normalized spacial score (nSPS) is 15.9. The molecule has 3 aromatic carbocycles. The molecule has 1 aliphatic heterocycles. The molecule has 2 heterocycles. The smallest absolute Gasteiger partial charge is 0.416 e. The van der Waals surface area contributed by atoms with Crippen LogP contribution in [0.3, 0.4) is 0 Å². The number of aliphatic hydroxyl groups is 1. The molecule has 1 amide bonds. The summed E-state index contributed by atoms with van der Waals surface area (Å²) < 4.78 is 54.1. The second-order valence-corrected chi connectivity index (χ2v) is 9.57. The molecule has 1 atom stereocenters. The Morgan fingerprint density at radius 3 is 2.34 bits per heavy atom. The van der Waals surface area contributed by atoms with Crippen molar-refractivity contribution in [2.75, 3.05) is 4.90 Å². The first kappa shape index (κ1) is 25.3.